The average Bonchev–Trinajstić information content (AvgIpc) is 2.27. The van der Waals surface area contributed by atoms with Gasteiger partial charge in [0.25, 0.3) is 0 Å². The Balaban J connectivity index is 2.59. The molecule has 0 saturated carbocycles. The Morgan fingerprint density at radius 2 is 2.21 bits per heavy atom. The van der Waals surface area contributed by atoms with Crippen molar-refractivity contribution in [1.29, 1.82) is 0 Å². The van der Waals surface area contributed by atoms with E-state index in [9.17, 15) is 4.79 Å². The number of carbonyl (C=O) groups is 1. The lowest BCUT2D eigenvalue weighted by Gasteiger charge is -2.24. The molecule has 1 amide bonds. The van der Waals surface area contributed by atoms with Gasteiger partial charge in [0.1, 0.15) is 6.61 Å². The van der Waals surface area contributed by atoms with Gasteiger partial charge < -0.3 is 15.9 Å². The Morgan fingerprint density at radius 1 is 1.53 bits per heavy atom. The summed E-state index contributed by atoms with van der Waals surface area (Å²) < 4.78 is 0.976. The van der Waals surface area contributed by atoms with Gasteiger partial charge in [-0.05, 0) is 31.5 Å². The van der Waals surface area contributed by atoms with E-state index in [-0.39, 0.29) is 11.7 Å². The zero-order chi connectivity index (χ0) is 14.5. The van der Waals surface area contributed by atoms with Gasteiger partial charge in [0, 0.05) is 11.4 Å². The maximum atomic E-state index is 11.0. The van der Waals surface area contributed by atoms with E-state index in [0.717, 1.165) is 10.0 Å². The first-order chi connectivity index (χ1) is 8.81. The van der Waals surface area contributed by atoms with E-state index in [0.29, 0.717) is 6.61 Å². The Labute approximate surface area is 121 Å². The molecule has 0 aliphatic carbocycles. The minimum Gasteiger partial charge on any atom is -0.389 e. The standard InChI is InChI=1S/C13H18BrN3O2/c1-9(18)16-13(2,3)12(15)17-19-8-10-5-4-6-11(14)7-10/h4-7H,8H2,1-3H3,(H2,15,17)(H,16,18). The van der Waals surface area contributed by atoms with Gasteiger partial charge in [-0.25, -0.2) is 0 Å². The molecule has 1 aromatic rings. The molecule has 3 N–H and O–H groups in total. The zero-order valence-corrected chi connectivity index (χ0v) is 12.8. The monoisotopic (exact) mass is 327 g/mol. The molecular formula is C13H18BrN3O2. The number of benzene rings is 1. The minimum atomic E-state index is -0.733. The third kappa shape index (κ3) is 5.30. The van der Waals surface area contributed by atoms with Gasteiger partial charge in [-0.2, -0.15) is 0 Å². The predicted octanol–water partition coefficient (Wildman–Crippen LogP) is 2.15. The fourth-order valence-corrected chi connectivity index (χ4v) is 1.87. The molecule has 0 unspecified atom stereocenters. The smallest absolute Gasteiger partial charge is 0.217 e. The van der Waals surface area contributed by atoms with E-state index >= 15 is 0 Å². The number of hydrogen-bond acceptors (Lipinski definition) is 3. The number of nitrogens with one attached hydrogen (secondary N) is 1. The van der Waals surface area contributed by atoms with Crippen LogP contribution in [0.1, 0.15) is 26.3 Å². The van der Waals surface area contributed by atoms with E-state index in [1.165, 1.54) is 6.92 Å². The maximum Gasteiger partial charge on any atom is 0.217 e. The quantitative estimate of drug-likeness (QED) is 0.494. The van der Waals surface area contributed by atoms with Gasteiger partial charge in [0.15, 0.2) is 5.84 Å². The Bertz CT molecular complexity index is 487. The van der Waals surface area contributed by atoms with Crippen LogP contribution in [0.4, 0.5) is 0 Å². The van der Waals surface area contributed by atoms with Crippen molar-refractivity contribution in [2.24, 2.45) is 10.9 Å². The van der Waals surface area contributed by atoms with Gasteiger partial charge in [-0.15, -0.1) is 0 Å². The highest BCUT2D eigenvalue weighted by Crippen LogP contribution is 2.12. The Kier molecular flexibility index (Phi) is 5.35. The molecule has 0 fully saturated rings. The van der Waals surface area contributed by atoms with Gasteiger partial charge in [-0.3, -0.25) is 4.79 Å². The van der Waals surface area contributed by atoms with Crippen LogP contribution in [0.25, 0.3) is 0 Å². The number of nitrogens with zero attached hydrogens (tertiary/aromatic N) is 1. The molecule has 6 heteroatoms. The summed E-state index contributed by atoms with van der Waals surface area (Å²) in [5.41, 5.74) is 6.04. The topological polar surface area (TPSA) is 76.7 Å². The number of carbonyl (C=O) groups excluding carboxylic acids is 1. The highest BCUT2D eigenvalue weighted by Gasteiger charge is 2.24. The minimum absolute atomic E-state index is 0.171. The highest BCUT2D eigenvalue weighted by molar-refractivity contribution is 9.10. The van der Waals surface area contributed by atoms with Crippen LogP contribution in [-0.4, -0.2) is 17.3 Å². The van der Waals surface area contributed by atoms with Crippen molar-refractivity contribution in [1.82, 2.24) is 5.32 Å². The molecule has 0 aliphatic rings. The number of nitrogens with two attached hydrogens (primary N) is 1. The summed E-state index contributed by atoms with van der Waals surface area (Å²) in [6.45, 7) is 5.26. The lowest BCUT2D eigenvalue weighted by Crippen LogP contribution is -2.52. The second kappa shape index (κ2) is 6.56. The molecule has 0 heterocycles. The first-order valence-electron chi connectivity index (χ1n) is 5.80. The van der Waals surface area contributed by atoms with E-state index in [2.05, 4.69) is 26.4 Å². The maximum absolute atomic E-state index is 11.0. The van der Waals surface area contributed by atoms with Crippen molar-refractivity contribution in [3.05, 3.63) is 34.3 Å². The van der Waals surface area contributed by atoms with Crippen molar-refractivity contribution >= 4 is 27.7 Å². The summed E-state index contributed by atoms with van der Waals surface area (Å²) in [6.07, 6.45) is 0. The summed E-state index contributed by atoms with van der Waals surface area (Å²) in [7, 11) is 0. The van der Waals surface area contributed by atoms with Crippen LogP contribution < -0.4 is 11.1 Å². The molecule has 104 valence electrons. The number of oxime groups is 1. The first kappa shape index (κ1) is 15.5. The van der Waals surface area contributed by atoms with Gasteiger partial charge in [0.05, 0.1) is 5.54 Å². The van der Waals surface area contributed by atoms with Crippen LogP contribution in [0, 0.1) is 0 Å². The molecule has 0 atom stereocenters. The molecule has 5 nitrogen and oxygen atoms in total. The number of hydrogen-bond donors (Lipinski definition) is 2. The molecular weight excluding hydrogens is 310 g/mol. The summed E-state index contributed by atoms with van der Waals surface area (Å²) >= 11 is 3.38. The first-order valence-corrected chi connectivity index (χ1v) is 6.59. The third-order valence-electron chi connectivity index (χ3n) is 2.41. The second-order valence-corrected chi connectivity index (χ2v) is 5.60. The summed E-state index contributed by atoms with van der Waals surface area (Å²) in [5.74, 6) is 0.0489. The van der Waals surface area contributed by atoms with Crippen LogP contribution in [0.3, 0.4) is 0 Å². The Morgan fingerprint density at radius 3 is 2.79 bits per heavy atom. The molecule has 0 bridgehead atoms. The van der Waals surface area contributed by atoms with Gasteiger partial charge >= 0.3 is 0 Å². The Hall–Kier alpha value is -1.56. The summed E-state index contributed by atoms with van der Waals surface area (Å²) in [6, 6.07) is 7.71. The van der Waals surface area contributed by atoms with Crippen molar-refractivity contribution < 1.29 is 9.63 Å². The van der Waals surface area contributed by atoms with Gasteiger partial charge in [0.2, 0.25) is 5.91 Å². The molecule has 0 aliphatic heterocycles. The molecule has 0 aromatic heterocycles. The van der Waals surface area contributed by atoms with E-state index in [1.807, 2.05) is 24.3 Å². The molecule has 0 saturated heterocycles. The van der Waals surface area contributed by atoms with Crippen LogP contribution in [0.2, 0.25) is 0 Å². The van der Waals surface area contributed by atoms with Crippen LogP contribution in [0.15, 0.2) is 33.9 Å². The zero-order valence-electron chi connectivity index (χ0n) is 11.2. The van der Waals surface area contributed by atoms with Gasteiger partial charge in [-0.1, -0.05) is 33.2 Å². The van der Waals surface area contributed by atoms with E-state index < -0.39 is 5.54 Å². The number of rotatable bonds is 5. The van der Waals surface area contributed by atoms with E-state index in [1.54, 1.807) is 13.8 Å². The molecule has 1 aromatic carbocycles. The molecule has 19 heavy (non-hydrogen) atoms. The normalized spacial score (nSPS) is 12.1. The predicted molar refractivity (Wildman–Crippen MR) is 78.4 cm³/mol. The highest BCUT2D eigenvalue weighted by atomic mass is 79.9. The van der Waals surface area contributed by atoms with Crippen molar-refractivity contribution in [3.63, 3.8) is 0 Å². The van der Waals surface area contributed by atoms with E-state index in [4.69, 9.17) is 10.6 Å². The van der Waals surface area contributed by atoms with Crippen LogP contribution >= 0.6 is 15.9 Å². The van der Waals surface area contributed by atoms with Crippen LogP contribution in [0.5, 0.6) is 0 Å². The number of halogens is 1. The molecule has 0 radical (unpaired) electrons. The fraction of sp³-hybridized carbons (Fsp3) is 0.385. The lowest BCUT2D eigenvalue weighted by atomic mass is 10.0. The second-order valence-electron chi connectivity index (χ2n) is 4.69. The summed E-state index contributed by atoms with van der Waals surface area (Å²) in [5, 5.41) is 6.53. The lowest BCUT2D eigenvalue weighted by molar-refractivity contribution is -0.119. The van der Waals surface area contributed by atoms with Crippen LogP contribution in [-0.2, 0) is 16.2 Å². The average molecular weight is 328 g/mol. The SMILES string of the molecule is CC(=O)NC(C)(C)/C(N)=N\OCc1cccc(Br)c1. The van der Waals surface area contributed by atoms with Crippen molar-refractivity contribution in [2.45, 2.75) is 32.9 Å². The summed E-state index contributed by atoms with van der Waals surface area (Å²) in [4.78, 5) is 16.2. The number of amides is 1. The number of amidine groups is 1. The van der Waals surface area contributed by atoms with Crippen molar-refractivity contribution in [3.8, 4) is 0 Å². The molecule has 1 rings (SSSR count). The molecule has 0 spiro atoms. The van der Waals surface area contributed by atoms with Crippen molar-refractivity contribution in [2.75, 3.05) is 0 Å². The third-order valence-corrected chi connectivity index (χ3v) is 2.91. The largest absolute Gasteiger partial charge is 0.389 e. The fourth-order valence-electron chi connectivity index (χ4n) is 1.42.